The molecule has 8 heteroatoms. The molecule has 0 fully saturated rings. The molecule has 0 N–H and O–H groups in total. The average molecular weight is 437 g/mol. The summed E-state index contributed by atoms with van der Waals surface area (Å²) in [6.45, 7) is 8.30. The van der Waals surface area contributed by atoms with Crippen molar-refractivity contribution in [1.82, 2.24) is 14.3 Å². The summed E-state index contributed by atoms with van der Waals surface area (Å²) in [5.74, 6) is 0.710. The zero-order chi connectivity index (χ0) is 23.0. The second-order valence-electron chi connectivity index (χ2n) is 7.98. The molecule has 1 aliphatic rings. The third kappa shape index (κ3) is 4.00. The van der Waals surface area contributed by atoms with Crippen molar-refractivity contribution in [3.63, 3.8) is 0 Å². The van der Waals surface area contributed by atoms with Gasteiger partial charge in [-0.05, 0) is 45.9 Å². The van der Waals surface area contributed by atoms with E-state index in [0.717, 1.165) is 34.0 Å². The summed E-state index contributed by atoms with van der Waals surface area (Å²) in [7, 11) is 1.83. The van der Waals surface area contributed by atoms with Crippen LogP contribution in [0.3, 0.4) is 0 Å². The van der Waals surface area contributed by atoms with Gasteiger partial charge in [-0.1, -0.05) is 0 Å². The van der Waals surface area contributed by atoms with E-state index in [-0.39, 0.29) is 18.8 Å². The fourth-order valence-electron chi connectivity index (χ4n) is 4.11. The normalized spacial score (nSPS) is 12.7. The minimum atomic E-state index is -0.446. The molecular formula is C24H27N3O5. The molecule has 2 aromatic heterocycles. The Morgan fingerprint density at radius 1 is 1.03 bits per heavy atom. The lowest BCUT2D eigenvalue weighted by Crippen LogP contribution is -2.17. The minimum absolute atomic E-state index is 0.0923. The van der Waals surface area contributed by atoms with E-state index in [1.807, 2.05) is 63.6 Å². The van der Waals surface area contributed by atoms with Crippen molar-refractivity contribution in [1.29, 1.82) is 0 Å². The molecule has 0 unspecified atom stereocenters. The molecule has 1 aromatic carbocycles. The molecule has 3 aromatic rings. The summed E-state index contributed by atoms with van der Waals surface area (Å²) in [4.78, 5) is 25.2. The molecule has 0 radical (unpaired) electrons. The van der Waals surface area contributed by atoms with Crippen LogP contribution >= 0.6 is 0 Å². The third-order valence-corrected chi connectivity index (χ3v) is 5.86. The van der Waals surface area contributed by atoms with E-state index in [1.165, 1.54) is 0 Å². The second-order valence-corrected chi connectivity index (χ2v) is 7.98. The number of nitrogens with zero attached hydrogens (tertiary/aromatic N) is 3. The Morgan fingerprint density at radius 2 is 1.75 bits per heavy atom. The highest BCUT2D eigenvalue weighted by Gasteiger charge is 2.21. The van der Waals surface area contributed by atoms with Crippen LogP contribution in [0.1, 0.15) is 38.7 Å². The van der Waals surface area contributed by atoms with Crippen molar-refractivity contribution >= 4 is 11.8 Å². The van der Waals surface area contributed by atoms with E-state index in [4.69, 9.17) is 14.2 Å². The van der Waals surface area contributed by atoms with Gasteiger partial charge in [0.15, 0.2) is 18.1 Å². The van der Waals surface area contributed by atoms with Crippen LogP contribution in [0.5, 0.6) is 11.5 Å². The number of hydrogen-bond acceptors (Lipinski definition) is 6. The number of hydrogen-bond donors (Lipinski definition) is 0. The van der Waals surface area contributed by atoms with Crippen LogP contribution < -0.4 is 9.47 Å². The van der Waals surface area contributed by atoms with Gasteiger partial charge in [-0.2, -0.15) is 5.10 Å². The highest BCUT2D eigenvalue weighted by molar-refractivity contribution is 5.99. The summed E-state index contributed by atoms with van der Waals surface area (Å²) < 4.78 is 20.3. The van der Waals surface area contributed by atoms with Crippen molar-refractivity contribution < 1.29 is 23.8 Å². The molecule has 168 valence electrons. The first-order chi connectivity index (χ1) is 15.3. The molecule has 0 atom stereocenters. The number of ketones is 1. The van der Waals surface area contributed by atoms with Gasteiger partial charge in [0.25, 0.3) is 0 Å². The molecule has 3 heterocycles. The molecule has 0 spiro atoms. The monoisotopic (exact) mass is 437 g/mol. The molecule has 0 amide bonds. The van der Waals surface area contributed by atoms with E-state index >= 15 is 0 Å². The number of ether oxygens (including phenoxy) is 3. The van der Waals surface area contributed by atoms with Crippen LogP contribution in [-0.4, -0.2) is 45.9 Å². The number of rotatable bonds is 6. The van der Waals surface area contributed by atoms with Gasteiger partial charge in [0.05, 0.1) is 12.1 Å². The standard InChI is InChI=1S/C24H27N3O5/c1-14-10-20(17(4)27(14)18-6-7-22-23(11-18)31-9-8-30-22)21(28)13-32-24(29)12-19-15(2)25-26(5)16(19)3/h6-7,10-11H,8-9,12-13H2,1-5H3. The molecule has 4 rings (SSSR count). The number of benzene rings is 1. The van der Waals surface area contributed by atoms with Gasteiger partial charge in [0, 0.05) is 47.0 Å². The smallest absolute Gasteiger partial charge is 0.310 e. The number of carbonyl (C=O) groups excluding carboxylic acids is 2. The number of aromatic nitrogens is 3. The van der Waals surface area contributed by atoms with Crippen LogP contribution in [0.15, 0.2) is 24.3 Å². The fourth-order valence-corrected chi connectivity index (χ4v) is 4.11. The van der Waals surface area contributed by atoms with Crippen molar-refractivity contribution in [3.05, 3.63) is 58.2 Å². The lowest BCUT2D eigenvalue weighted by atomic mass is 10.1. The Labute approximate surface area is 186 Å². The Kier molecular flexibility index (Phi) is 5.78. The summed E-state index contributed by atoms with van der Waals surface area (Å²) >= 11 is 0. The number of Topliss-reactive ketones (excluding diaryl/α,β-unsaturated/α-hetero) is 1. The first-order valence-corrected chi connectivity index (χ1v) is 10.5. The summed E-state index contributed by atoms with van der Waals surface area (Å²) in [6.07, 6.45) is 0.0923. The number of carbonyl (C=O) groups is 2. The summed E-state index contributed by atoms with van der Waals surface area (Å²) in [6, 6.07) is 7.52. The molecule has 32 heavy (non-hydrogen) atoms. The maximum Gasteiger partial charge on any atom is 0.310 e. The van der Waals surface area contributed by atoms with Gasteiger partial charge in [-0.15, -0.1) is 0 Å². The average Bonchev–Trinajstić information content (AvgIpc) is 3.20. The van der Waals surface area contributed by atoms with E-state index in [0.29, 0.717) is 30.3 Å². The summed E-state index contributed by atoms with van der Waals surface area (Å²) in [5.41, 5.74) is 5.61. The Balaban J connectivity index is 1.47. The van der Waals surface area contributed by atoms with E-state index < -0.39 is 5.97 Å². The maximum atomic E-state index is 12.8. The zero-order valence-corrected chi connectivity index (χ0v) is 19.0. The maximum absolute atomic E-state index is 12.8. The van der Waals surface area contributed by atoms with Gasteiger partial charge in [0.2, 0.25) is 5.78 Å². The molecule has 0 saturated heterocycles. The number of esters is 1. The first kappa shape index (κ1) is 21.7. The fraction of sp³-hybridized carbons (Fsp3) is 0.375. The predicted molar refractivity (Wildman–Crippen MR) is 118 cm³/mol. The molecule has 0 saturated carbocycles. The first-order valence-electron chi connectivity index (χ1n) is 10.5. The van der Waals surface area contributed by atoms with Crippen LogP contribution in [0.2, 0.25) is 0 Å². The van der Waals surface area contributed by atoms with Crippen molar-refractivity contribution in [3.8, 4) is 17.2 Å². The quantitative estimate of drug-likeness (QED) is 0.435. The van der Waals surface area contributed by atoms with Gasteiger partial charge >= 0.3 is 5.97 Å². The lowest BCUT2D eigenvalue weighted by molar-refractivity contribution is -0.141. The third-order valence-electron chi connectivity index (χ3n) is 5.86. The minimum Gasteiger partial charge on any atom is -0.486 e. The number of fused-ring (bicyclic) bond motifs is 1. The Bertz CT molecular complexity index is 1200. The van der Waals surface area contributed by atoms with Crippen LogP contribution in [0, 0.1) is 27.7 Å². The highest BCUT2D eigenvalue weighted by atomic mass is 16.6. The predicted octanol–water partition coefficient (Wildman–Crippen LogP) is 3.18. The van der Waals surface area contributed by atoms with Gasteiger partial charge in [-0.25, -0.2) is 0 Å². The van der Waals surface area contributed by atoms with Crippen molar-refractivity contribution in [2.24, 2.45) is 7.05 Å². The number of aryl methyl sites for hydroxylation is 3. The highest BCUT2D eigenvalue weighted by Crippen LogP contribution is 2.33. The van der Waals surface area contributed by atoms with Crippen LogP contribution in [-0.2, 0) is 23.0 Å². The van der Waals surface area contributed by atoms with E-state index in [1.54, 1.807) is 4.68 Å². The SMILES string of the molecule is Cc1nn(C)c(C)c1CC(=O)OCC(=O)c1cc(C)n(-c2ccc3c(c2)OCCO3)c1C. The van der Waals surface area contributed by atoms with Crippen molar-refractivity contribution in [2.45, 2.75) is 34.1 Å². The van der Waals surface area contributed by atoms with Crippen LogP contribution in [0.25, 0.3) is 5.69 Å². The zero-order valence-electron chi connectivity index (χ0n) is 19.0. The van der Waals surface area contributed by atoms with E-state index in [9.17, 15) is 9.59 Å². The van der Waals surface area contributed by atoms with Crippen molar-refractivity contribution in [2.75, 3.05) is 19.8 Å². The van der Waals surface area contributed by atoms with Gasteiger partial charge in [-0.3, -0.25) is 14.3 Å². The van der Waals surface area contributed by atoms with Gasteiger partial charge < -0.3 is 18.8 Å². The lowest BCUT2D eigenvalue weighted by Gasteiger charge is -2.20. The van der Waals surface area contributed by atoms with E-state index in [2.05, 4.69) is 5.10 Å². The molecule has 0 aliphatic carbocycles. The largest absolute Gasteiger partial charge is 0.486 e. The Morgan fingerprint density at radius 3 is 2.44 bits per heavy atom. The van der Waals surface area contributed by atoms with Crippen LogP contribution in [0.4, 0.5) is 0 Å². The Hall–Kier alpha value is -3.55. The topological polar surface area (TPSA) is 84.6 Å². The molecule has 8 nitrogen and oxygen atoms in total. The summed E-state index contributed by atoms with van der Waals surface area (Å²) in [5, 5.41) is 4.31. The molecular weight excluding hydrogens is 410 g/mol. The second kappa shape index (κ2) is 8.53. The van der Waals surface area contributed by atoms with Gasteiger partial charge in [0.1, 0.15) is 13.2 Å². The molecule has 1 aliphatic heterocycles. The molecule has 0 bridgehead atoms.